The number of hydrogen-bond acceptors (Lipinski definition) is 4. The Kier molecular flexibility index (Phi) is 5.83. The molecule has 5 aromatic carbocycles. The molecule has 172 valence electrons. The van der Waals surface area contributed by atoms with Gasteiger partial charge in [-0.2, -0.15) is 0 Å². The second-order valence-corrected chi connectivity index (χ2v) is 8.29. The molecular weight excluding hydrogens is 444 g/mol. The monoisotopic (exact) mass is 466 g/mol. The van der Waals surface area contributed by atoms with Crippen LogP contribution in [0.1, 0.15) is 0 Å². The molecule has 0 aliphatic rings. The smallest absolute Gasteiger partial charge is 0.127 e. The van der Waals surface area contributed by atoms with Crippen LogP contribution >= 0.6 is 0 Å². The van der Waals surface area contributed by atoms with E-state index in [2.05, 4.69) is 0 Å². The molecule has 0 saturated carbocycles. The number of para-hydroxylation sites is 4. The second-order valence-electron chi connectivity index (χ2n) is 8.29. The van der Waals surface area contributed by atoms with E-state index in [1.54, 1.807) is 0 Å². The lowest BCUT2D eigenvalue weighted by molar-refractivity contribution is 0.482. The molecule has 0 fully saturated rings. The lowest BCUT2D eigenvalue weighted by Gasteiger charge is -2.12. The number of fused-ring (bicyclic) bond motifs is 1. The van der Waals surface area contributed by atoms with Gasteiger partial charge in [0.25, 0.3) is 0 Å². The van der Waals surface area contributed by atoms with E-state index >= 15 is 0 Å². The lowest BCUT2D eigenvalue weighted by Crippen LogP contribution is -1.95. The number of ether oxygens (including phenoxy) is 2. The Balaban J connectivity index is 1.36. The highest BCUT2D eigenvalue weighted by atomic mass is 16.5. The zero-order chi connectivity index (χ0) is 24.2. The summed E-state index contributed by atoms with van der Waals surface area (Å²) in [6.07, 6.45) is 0. The van der Waals surface area contributed by atoms with Crippen LogP contribution in [0.3, 0.4) is 0 Å². The quantitative estimate of drug-likeness (QED) is 0.247. The van der Waals surface area contributed by atoms with Crippen LogP contribution in [0.2, 0.25) is 0 Å². The summed E-state index contributed by atoms with van der Waals surface area (Å²) in [5.41, 5.74) is 5.27. The molecule has 0 radical (unpaired) electrons. The highest BCUT2D eigenvalue weighted by Gasteiger charge is 2.14. The van der Waals surface area contributed by atoms with Crippen molar-refractivity contribution in [2.75, 3.05) is 0 Å². The minimum atomic E-state index is 0.766. The molecule has 0 spiro atoms. The molecule has 0 unspecified atom stereocenters. The van der Waals surface area contributed by atoms with Crippen LogP contribution in [-0.2, 0) is 0 Å². The molecule has 4 heteroatoms. The average Bonchev–Trinajstić information content (AvgIpc) is 2.94. The third-order valence-electron chi connectivity index (χ3n) is 5.78. The zero-order valence-corrected chi connectivity index (χ0v) is 19.4. The summed E-state index contributed by atoms with van der Waals surface area (Å²) in [7, 11) is 0. The number of rotatable bonds is 6. The summed E-state index contributed by atoms with van der Waals surface area (Å²) >= 11 is 0. The molecule has 6 rings (SSSR count). The van der Waals surface area contributed by atoms with E-state index in [0.717, 1.165) is 56.5 Å². The van der Waals surface area contributed by atoms with Gasteiger partial charge in [-0.25, -0.2) is 9.97 Å². The van der Waals surface area contributed by atoms with E-state index in [0.29, 0.717) is 0 Å². The van der Waals surface area contributed by atoms with Gasteiger partial charge in [0, 0.05) is 11.1 Å². The molecule has 1 heterocycles. The van der Waals surface area contributed by atoms with Gasteiger partial charge in [-0.05, 0) is 84.9 Å². The Morgan fingerprint density at radius 3 is 1.06 bits per heavy atom. The van der Waals surface area contributed by atoms with Gasteiger partial charge in [-0.1, -0.05) is 48.5 Å². The molecule has 0 atom stereocenters. The first-order valence-corrected chi connectivity index (χ1v) is 11.8. The Morgan fingerprint density at radius 1 is 0.333 bits per heavy atom. The standard InChI is InChI=1S/C32H22N2O2/c1-3-9-25(10-4-1)35-27-19-15-23(16-20-27)31-32(34-30-14-8-7-13-29(30)33-31)24-17-21-28(22-18-24)36-26-11-5-2-6-12-26/h1-22H. The van der Waals surface area contributed by atoms with E-state index in [4.69, 9.17) is 19.4 Å². The van der Waals surface area contributed by atoms with Gasteiger partial charge in [-0.15, -0.1) is 0 Å². The highest BCUT2D eigenvalue weighted by Crippen LogP contribution is 2.34. The van der Waals surface area contributed by atoms with Crippen molar-refractivity contribution in [1.29, 1.82) is 0 Å². The molecule has 1 aromatic heterocycles. The molecule has 0 bridgehead atoms. The highest BCUT2D eigenvalue weighted by molar-refractivity contribution is 5.86. The van der Waals surface area contributed by atoms with E-state index in [-0.39, 0.29) is 0 Å². The van der Waals surface area contributed by atoms with Crippen molar-refractivity contribution in [2.24, 2.45) is 0 Å². The molecule has 6 aromatic rings. The molecular formula is C32H22N2O2. The summed E-state index contributed by atoms with van der Waals surface area (Å²) in [5.74, 6) is 3.13. The lowest BCUT2D eigenvalue weighted by atomic mass is 10.0. The Labute approximate surface area is 209 Å². The largest absolute Gasteiger partial charge is 0.457 e. The van der Waals surface area contributed by atoms with Gasteiger partial charge < -0.3 is 9.47 Å². The minimum absolute atomic E-state index is 0.766. The summed E-state index contributed by atoms with van der Waals surface area (Å²) < 4.78 is 11.9. The zero-order valence-electron chi connectivity index (χ0n) is 19.4. The fourth-order valence-corrected chi connectivity index (χ4v) is 4.01. The first kappa shape index (κ1) is 21.6. The van der Waals surface area contributed by atoms with Crippen LogP contribution in [0.4, 0.5) is 0 Å². The minimum Gasteiger partial charge on any atom is -0.457 e. The number of hydrogen-bond donors (Lipinski definition) is 0. The molecule has 4 nitrogen and oxygen atoms in total. The van der Waals surface area contributed by atoms with Gasteiger partial charge in [0.05, 0.1) is 22.4 Å². The van der Waals surface area contributed by atoms with Crippen molar-refractivity contribution >= 4 is 11.0 Å². The number of aromatic nitrogens is 2. The van der Waals surface area contributed by atoms with E-state index < -0.39 is 0 Å². The predicted octanol–water partition coefficient (Wildman–Crippen LogP) is 8.55. The van der Waals surface area contributed by atoms with Crippen LogP contribution in [-0.4, -0.2) is 9.97 Å². The van der Waals surface area contributed by atoms with Gasteiger partial charge in [-0.3, -0.25) is 0 Å². The van der Waals surface area contributed by atoms with Crippen molar-refractivity contribution in [1.82, 2.24) is 9.97 Å². The number of nitrogens with zero attached hydrogens (tertiary/aromatic N) is 2. The van der Waals surface area contributed by atoms with Crippen molar-refractivity contribution in [2.45, 2.75) is 0 Å². The van der Waals surface area contributed by atoms with E-state index in [1.807, 2.05) is 133 Å². The average molecular weight is 467 g/mol. The van der Waals surface area contributed by atoms with Crippen molar-refractivity contribution in [3.05, 3.63) is 133 Å². The third kappa shape index (κ3) is 4.65. The topological polar surface area (TPSA) is 44.2 Å². The van der Waals surface area contributed by atoms with Gasteiger partial charge in [0.1, 0.15) is 23.0 Å². The van der Waals surface area contributed by atoms with Crippen molar-refractivity contribution in [3.63, 3.8) is 0 Å². The molecule has 0 amide bonds. The van der Waals surface area contributed by atoms with Crippen LogP contribution in [0.25, 0.3) is 33.5 Å². The Bertz CT molecular complexity index is 1480. The van der Waals surface area contributed by atoms with E-state index in [1.165, 1.54) is 0 Å². The third-order valence-corrected chi connectivity index (χ3v) is 5.78. The second kappa shape index (κ2) is 9.72. The SMILES string of the molecule is c1ccc(Oc2ccc(-c3nc4ccccc4nc3-c3ccc(Oc4ccccc4)cc3)cc2)cc1. The number of benzene rings is 5. The fourth-order valence-electron chi connectivity index (χ4n) is 4.01. The molecule has 36 heavy (non-hydrogen) atoms. The van der Waals surface area contributed by atoms with Crippen molar-refractivity contribution < 1.29 is 9.47 Å². The maximum atomic E-state index is 5.97. The Morgan fingerprint density at radius 2 is 0.667 bits per heavy atom. The fraction of sp³-hybridized carbons (Fsp3) is 0. The van der Waals surface area contributed by atoms with Gasteiger partial charge in [0.2, 0.25) is 0 Å². The van der Waals surface area contributed by atoms with Crippen LogP contribution in [0.15, 0.2) is 133 Å². The Hall–Kier alpha value is -4.96. The predicted molar refractivity (Wildman–Crippen MR) is 143 cm³/mol. The normalized spacial score (nSPS) is 10.8. The first-order valence-electron chi connectivity index (χ1n) is 11.8. The van der Waals surface area contributed by atoms with Crippen LogP contribution in [0.5, 0.6) is 23.0 Å². The summed E-state index contributed by atoms with van der Waals surface area (Å²) in [5, 5.41) is 0. The summed E-state index contributed by atoms with van der Waals surface area (Å²) in [6, 6.07) is 43.4. The van der Waals surface area contributed by atoms with Crippen molar-refractivity contribution in [3.8, 4) is 45.5 Å². The molecule has 0 saturated heterocycles. The summed E-state index contributed by atoms with van der Waals surface area (Å²) in [6.45, 7) is 0. The van der Waals surface area contributed by atoms with Gasteiger partial charge >= 0.3 is 0 Å². The maximum Gasteiger partial charge on any atom is 0.127 e. The summed E-state index contributed by atoms with van der Waals surface area (Å²) in [4.78, 5) is 9.98. The molecule has 0 N–H and O–H groups in total. The molecule has 0 aliphatic heterocycles. The van der Waals surface area contributed by atoms with Crippen LogP contribution < -0.4 is 9.47 Å². The van der Waals surface area contributed by atoms with Crippen LogP contribution in [0, 0.1) is 0 Å². The van der Waals surface area contributed by atoms with E-state index in [9.17, 15) is 0 Å². The van der Waals surface area contributed by atoms with Gasteiger partial charge in [0.15, 0.2) is 0 Å². The molecule has 0 aliphatic carbocycles. The first-order chi connectivity index (χ1) is 17.8. The maximum absolute atomic E-state index is 5.97.